The van der Waals surface area contributed by atoms with E-state index in [-0.39, 0.29) is 17.0 Å². The molecule has 0 aliphatic rings. The smallest absolute Gasteiger partial charge is 0.251 e. The zero-order valence-electron chi connectivity index (χ0n) is 11.4. The number of hydrogen-bond acceptors (Lipinski definition) is 2. The van der Waals surface area contributed by atoms with Gasteiger partial charge in [-0.25, -0.2) is 4.39 Å². The van der Waals surface area contributed by atoms with Gasteiger partial charge in [0.1, 0.15) is 5.82 Å². The summed E-state index contributed by atoms with van der Waals surface area (Å²) >= 11 is 0. The zero-order chi connectivity index (χ0) is 13.9. The Hall–Kier alpha value is -1.58. The van der Waals surface area contributed by atoms with Crippen LogP contribution in [0.5, 0.6) is 0 Å². The minimum absolute atomic E-state index is 0.264. The van der Waals surface area contributed by atoms with Crippen molar-refractivity contribution in [1.82, 2.24) is 5.32 Å². The molecule has 0 aliphatic heterocycles. The van der Waals surface area contributed by atoms with Gasteiger partial charge in [0.2, 0.25) is 0 Å². The number of amides is 1. The minimum atomic E-state index is -0.451. The molecule has 0 aliphatic carbocycles. The summed E-state index contributed by atoms with van der Waals surface area (Å²) in [7, 11) is 0. The molecule has 3 N–H and O–H groups in total. The minimum Gasteiger partial charge on any atom is -0.398 e. The Morgan fingerprint density at radius 3 is 2.56 bits per heavy atom. The van der Waals surface area contributed by atoms with E-state index in [9.17, 15) is 9.18 Å². The fourth-order valence-corrected chi connectivity index (χ4v) is 1.90. The molecule has 0 aromatic heterocycles. The maximum absolute atomic E-state index is 13.5. The fraction of sp³-hybridized carbons (Fsp3) is 0.500. The summed E-state index contributed by atoms with van der Waals surface area (Å²) in [5.41, 5.74) is 6.30. The summed E-state index contributed by atoms with van der Waals surface area (Å²) < 4.78 is 13.5. The van der Waals surface area contributed by atoms with Crippen LogP contribution in [0.4, 0.5) is 10.1 Å². The highest BCUT2D eigenvalue weighted by Gasteiger charge is 2.21. The van der Waals surface area contributed by atoms with Crippen molar-refractivity contribution in [3.63, 3.8) is 0 Å². The molecule has 0 saturated heterocycles. The molecule has 1 aromatic rings. The van der Waals surface area contributed by atoms with Gasteiger partial charge in [0.15, 0.2) is 0 Å². The SMILES string of the molecule is CCCC(C)(C)NC(=O)c1cc(N)c(C)c(F)c1. The second-order valence-corrected chi connectivity index (χ2v) is 5.26. The van der Waals surface area contributed by atoms with E-state index in [2.05, 4.69) is 12.2 Å². The fourth-order valence-electron chi connectivity index (χ4n) is 1.90. The molecule has 0 heterocycles. The topological polar surface area (TPSA) is 55.1 Å². The number of rotatable bonds is 4. The average Bonchev–Trinajstić information content (AvgIpc) is 2.24. The van der Waals surface area contributed by atoms with Crippen LogP contribution in [0.3, 0.4) is 0 Å². The molecule has 3 nitrogen and oxygen atoms in total. The van der Waals surface area contributed by atoms with Crippen molar-refractivity contribution in [3.8, 4) is 0 Å². The Balaban J connectivity index is 2.92. The Kier molecular flexibility index (Phi) is 4.33. The van der Waals surface area contributed by atoms with Crippen LogP contribution < -0.4 is 11.1 Å². The van der Waals surface area contributed by atoms with E-state index in [1.165, 1.54) is 12.1 Å². The van der Waals surface area contributed by atoms with Gasteiger partial charge >= 0.3 is 0 Å². The van der Waals surface area contributed by atoms with E-state index in [0.29, 0.717) is 11.3 Å². The number of carbonyl (C=O) groups excluding carboxylic acids is 1. The predicted molar refractivity (Wildman–Crippen MR) is 72.0 cm³/mol. The average molecular weight is 252 g/mol. The van der Waals surface area contributed by atoms with Gasteiger partial charge in [-0.3, -0.25) is 4.79 Å². The summed E-state index contributed by atoms with van der Waals surface area (Å²) in [6, 6.07) is 2.73. The number of nitrogen functional groups attached to an aromatic ring is 1. The lowest BCUT2D eigenvalue weighted by molar-refractivity contribution is 0.0908. The number of benzene rings is 1. The molecule has 0 atom stereocenters. The number of anilines is 1. The van der Waals surface area contributed by atoms with E-state index in [0.717, 1.165) is 12.8 Å². The lowest BCUT2D eigenvalue weighted by Gasteiger charge is -2.26. The van der Waals surface area contributed by atoms with Gasteiger partial charge in [0.05, 0.1) is 0 Å². The van der Waals surface area contributed by atoms with E-state index < -0.39 is 5.82 Å². The van der Waals surface area contributed by atoms with Crippen LogP contribution in [-0.4, -0.2) is 11.4 Å². The molecule has 0 fully saturated rings. The number of hydrogen-bond donors (Lipinski definition) is 2. The number of nitrogens with one attached hydrogen (secondary N) is 1. The summed E-state index contributed by atoms with van der Waals surface area (Å²) in [6.07, 6.45) is 1.83. The Morgan fingerprint density at radius 1 is 1.44 bits per heavy atom. The summed E-state index contributed by atoms with van der Waals surface area (Å²) in [4.78, 5) is 12.0. The predicted octanol–water partition coefficient (Wildman–Crippen LogP) is 3.02. The van der Waals surface area contributed by atoms with Crippen molar-refractivity contribution in [2.24, 2.45) is 0 Å². The molecule has 0 bridgehead atoms. The van der Waals surface area contributed by atoms with E-state index in [4.69, 9.17) is 5.73 Å². The quantitative estimate of drug-likeness (QED) is 0.809. The van der Waals surface area contributed by atoms with Crippen LogP contribution >= 0.6 is 0 Å². The lowest BCUT2D eigenvalue weighted by atomic mass is 9.98. The Morgan fingerprint density at radius 2 is 2.06 bits per heavy atom. The molecule has 1 amide bonds. The van der Waals surface area contributed by atoms with Gasteiger partial charge in [0, 0.05) is 22.4 Å². The summed E-state index contributed by atoms with van der Waals surface area (Å²) in [5, 5.41) is 2.89. The normalized spacial score (nSPS) is 11.4. The lowest BCUT2D eigenvalue weighted by Crippen LogP contribution is -2.43. The molecule has 4 heteroatoms. The Bertz CT molecular complexity index is 432. The maximum atomic E-state index is 13.5. The standard InChI is InChI=1S/C14H21FN2O/c1-5-6-14(3,4)17-13(18)10-7-11(15)9(2)12(16)8-10/h7-8H,5-6,16H2,1-4H3,(H,17,18). The van der Waals surface area contributed by atoms with Gasteiger partial charge in [0.25, 0.3) is 5.91 Å². The molecule has 1 rings (SSSR count). The maximum Gasteiger partial charge on any atom is 0.251 e. The highest BCUT2D eigenvalue weighted by atomic mass is 19.1. The molecule has 0 unspecified atom stereocenters. The highest BCUT2D eigenvalue weighted by molar-refractivity contribution is 5.95. The van der Waals surface area contributed by atoms with Crippen LogP contribution in [0.25, 0.3) is 0 Å². The second-order valence-electron chi connectivity index (χ2n) is 5.26. The van der Waals surface area contributed by atoms with Crippen LogP contribution in [0, 0.1) is 12.7 Å². The van der Waals surface area contributed by atoms with Gasteiger partial charge in [-0.1, -0.05) is 13.3 Å². The third-order valence-corrected chi connectivity index (χ3v) is 2.97. The van der Waals surface area contributed by atoms with Crippen LogP contribution in [0.15, 0.2) is 12.1 Å². The molecular formula is C14H21FN2O. The number of halogens is 1. The first-order valence-electron chi connectivity index (χ1n) is 6.15. The molecule has 0 radical (unpaired) electrons. The molecular weight excluding hydrogens is 231 g/mol. The van der Waals surface area contributed by atoms with E-state index >= 15 is 0 Å². The van der Waals surface area contributed by atoms with Crippen molar-refractivity contribution in [1.29, 1.82) is 0 Å². The van der Waals surface area contributed by atoms with Gasteiger partial charge < -0.3 is 11.1 Å². The monoisotopic (exact) mass is 252 g/mol. The Labute approximate surface area is 108 Å². The third kappa shape index (κ3) is 3.45. The van der Waals surface area contributed by atoms with E-state index in [1.807, 2.05) is 13.8 Å². The summed E-state index contributed by atoms with van der Waals surface area (Å²) in [5.74, 6) is -0.743. The largest absolute Gasteiger partial charge is 0.398 e. The van der Waals surface area contributed by atoms with Crippen LogP contribution in [0.2, 0.25) is 0 Å². The number of carbonyl (C=O) groups is 1. The van der Waals surface area contributed by atoms with E-state index in [1.54, 1.807) is 6.92 Å². The first kappa shape index (κ1) is 14.5. The van der Waals surface area contributed by atoms with Crippen molar-refractivity contribution in [2.45, 2.75) is 46.1 Å². The molecule has 0 spiro atoms. The molecule has 18 heavy (non-hydrogen) atoms. The zero-order valence-corrected chi connectivity index (χ0v) is 11.4. The molecule has 0 saturated carbocycles. The first-order chi connectivity index (χ1) is 8.26. The van der Waals surface area contributed by atoms with Crippen molar-refractivity contribution in [3.05, 3.63) is 29.1 Å². The van der Waals surface area contributed by atoms with Gasteiger partial charge in [-0.2, -0.15) is 0 Å². The van der Waals surface area contributed by atoms with Gasteiger partial charge in [-0.15, -0.1) is 0 Å². The van der Waals surface area contributed by atoms with Crippen LogP contribution in [0.1, 0.15) is 49.5 Å². The van der Waals surface area contributed by atoms with Crippen LogP contribution in [-0.2, 0) is 0 Å². The van der Waals surface area contributed by atoms with Crippen molar-refractivity contribution >= 4 is 11.6 Å². The van der Waals surface area contributed by atoms with Gasteiger partial charge in [-0.05, 0) is 39.3 Å². The molecule has 100 valence electrons. The second kappa shape index (κ2) is 5.38. The molecule has 1 aromatic carbocycles. The summed E-state index contributed by atoms with van der Waals surface area (Å²) in [6.45, 7) is 7.54. The third-order valence-electron chi connectivity index (χ3n) is 2.97. The van der Waals surface area contributed by atoms with Crippen molar-refractivity contribution in [2.75, 3.05) is 5.73 Å². The highest BCUT2D eigenvalue weighted by Crippen LogP contribution is 2.19. The van der Waals surface area contributed by atoms with Crippen molar-refractivity contribution < 1.29 is 9.18 Å². The number of nitrogens with two attached hydrogens (primary N) is 1. The first-order valence-corrected chi connectivity index (χ1v) is 6.15.